The number of halogens is 1. The molecule has 106 valence electrons. The fraction of sp³-hybridized carbons (Fsp3) is 0.333. The van der Waals surface area contributed by atoms with Crippen LogP contribution >= 0.6 is 0 Å². The van der Waals surface area contributed by atoms with Gasteiger partial charge in [0, 0.05) is 25.0 Å². The van der Waals surface area contributed by atoms with Gasteiger partial charge in [0.25, 0.3) is 0 Å². The Balaban J connectivity index is 2.10. The zero-order valence-corrected chi connectivity index (χ0v) is 11.9. The van der Waals surface area contributed by atoms with E-state index in [1.807, 2.05) is 7.05 Å². The van der Waals surface area contributed by atoms with E-state index in [0.717, 1.165) is 0 Å². The number of carbonyl (C=O) groups is 1. The zero-order chi connectivity index (χ0) is 14.8. The first-order valence-corrected chi connectivity index (χ1v) is 6.42. The van der Waals surface area contributed by atoms with Crippen LogP contribution in [-0.2, 0) is 23.8 Å². The lowest BCUT2D eigenvalue weighted by Gasteiger charge is -2.27. The quantitative estimate of drug-likeness (QED) is 0.929. The zero-order valence-electron chi connectivity index (χ0n) is 11.9. The van der Waals surface area contributed by atoms with Gasteiger partial charge < -0.3 is 9.88 Å². The Bertz CT molecular complexity index is 619. The number of aryl methyl sites for hydroxylation is 1. The van der Waals surface area contributed by atoms with Crippen molar-refractivity contribution in [1.82, 2.24) is 14.9 Å². The number of rotatable bonds is 4. The third-order valence-electron chi connectivity index (χ3n) is 3.24. The van der Waals surface area contributed by atoms with Crippen LogP contribution in [-0.4, -0.2) is 15.5 Å². The van der Waals surface area contributed by atoms with Gasteiger partial charge >= 0.3 is 0 Å². The van der Waals surface area contributed by atoms with Gasteiger partial charge in [-0.15, -0.1) is 0 Å². The Morgan fingerprint density at radius 3 is 2.70 bits per heavy atom. The van der Waals surface area contributed by atoms with Crippen LogP contribution in [0.4, 0.5) is 4.39 Å². The molecule has 0 bridgehead atoms. The summed E-state index contributed by atoms with van der Waals surface area (Å²) in [5.74, 6) is 0.161. The number of nitrogens with one attached hydrogen (secondary N) is 1. The second kappa shape index (κ2) is 5.45. The summed E-state index contributed by atoms with van der Waals surface area (Å²) in [5, 5.41) is 2.85. The molecule has 0 radical (unpaired) electrons. The van der Waals surface area contributed by atoms with Crippen LogP contribution in [0, 0.1) is 5.82 Å². The maximum Gasteiger partial charge on any atom is 0.228 e. The van der Waals surface area contributed by atoms with Crippen molar-refractivity contribution in [2.45, 2.75) is 25.8 Å². The molecule has 0 aliphatic rings. The van der Waals surface area contributed by atoms with Crippen LogP contribution in [0.25, 0.3) is 0 Å². The fourth-order valence-electron chi connectivity index (χ4n) is 2.14. The number of aromatic nitrogens is 2. The SMILES string of the molecule is Cn1ccnc1CC(=O)NC(C)(C)c1ccccc1F. The first-order chi connectivity index (χ1) is 9.40. The van der Waals surface area contributed by atoms with Gasteiger partial charge in [0.15, 0.2) is 0 Å². The molecule has 0 saturated carbocycles. The highest BCUT2D eigenvalue weighted by molar-refractivity contribution is 5.78. The topological polar surface area (TPSA) is 46.9 Å². The lowest BCUT2D eigenvalue weighted by molar-refractivity contribution is -0.122. The summed E-state index contributed by atoms with van der Waals surface area (Å²) in [5.41, 5.74) is -0.304. The molecule has 0 unspecified atom stereocenters. The maximum atomic E-state index is 13.8. The lowest BCUT2D eigenvalue weighted by Crippen LogP contribution is -2.42. The van der Waals surface area contributed by atoms with Gasteiger partial charge in [-0.05, 0) is 19.9 Å². The van der Waals surface area contributed by atoms with E-state index in [4.69, 9.17) is 0 Å². The van der Waals surface area contributed by atoms with Crippen LogP contribution in [0.5, 0.6) is 0 Å². The van der Waals surface area contributed by atoms with E-state index in [2.05, 4.69) is 10.3 Å². The molecule has 2 aromatic rings. The summed E-state index contributed by atoms with van der Waals surface area (Å²) in [4.78, 5) is 16.2. The number of benzene rings is 1. The van der Waals surface area contributed by atoms with Crippen molar-refractivity contribution in [3.63, 3.8) is 0 Å². The van der Waals surface area contributed by atoms with Crippen molar-refractivity contribution in [3.05, 3.63) is 53.9 Å². The summed E-state index contributed by atoms with van der Waals surface area (Å²) in [6, 6.07) is 6.45. The van der Waals surface area contributed by atoms with Gasteiger partial charge in [0.1, 0.15) is 11.6 Å². The molecular formula is C15H18FN3O. The molecular weight excluding hydrogens is 257 g/mol. The van der Waals surface area contributed by atoms with Gasteiger partial charge in [-0.2, -0.15) is 0 Å². The second-order valence-electron chi connectivity index (χ2n) is 5.28. The Morgan fingerprint density at radius 2 is 2.10 bits per heavy atom. The molecule has 0 aliphatic carbocycles. The Hall–Kier alpha value is -2.17. The summed E-state index contributed by atoms with van der Waals surface area (Å²) in [7, 11) is 1.83. The molecule has 1 amide bonds. The van der Waals surface area contributed by atoms with Gasteiger partial charge in [0.2, 0.25) is 5.91 Å². The normalized spacial score (nSPS) is 11.4. The summed E-state index contributed by atoms with van der Waals surface area (Å²) in [6.45, 7) is 3.56. The van der Waals surface area contributed by atoms with E-state index in [0.29, 0.717) is 11.4 Å². The smallest absolute Gasteiger partial charge is 0.228 e. The Morgan fingerprint density at radius 1 is 1.40 bits per heavy atom. The fourth-order valence-corrected chi connectivity index (χ4v) is 2.14. The van der Waals surface area contributed by atoms with Crippen LogP contribution in [0.1, 0.15) is 25.2 Å². The summed E-state index contributed by atoms with van der Waals surface area (Å²) >= 11 is 0. The van der Waals surface area contributed by atoms with E-state index in [1.54, 1.807) is 49.0 Å². The highest BCUT2D eigenvalue weighted by Gasteiger charge is 2.26. The van der Waals surface area contributed by atoms with Crippen molar-refractivity contribution in [2.75, 3.05) is 0 Å². The van der Waals surface area contributed by atoms with E-state index in [9.17, 15) is 9.18 Å². The van der Waals surface area contributed by atoms with Crippen molar-refractivity contribution in [1.29, 1.82) is 0 Å². The standard InChI is InChI=1S/C15H18FN3O/c1-15(2,11-6-4-5-7-12(11)16)18-14(20)10-13-17-8-9-19(13)3/h4-9H,10H2,1-3H3,(H,18,20). The molecule has 0 atom stereocenters. The highest BCUT2D eigenvalue weighted by atomic mass is 19.1. The molecule has 0 spiro atoms. The average Bonchev–Trinajstić information content (AvgIpc) is 2.74. The predicted octanol–water partition coefficient (Wildman–Crippen LogP) is 2.15. The third-order valence-corrected chi connectivity index (χ3v) is 3.24. The Kier molecular flexibility index (Phi) is 3.88. The second-order valence-corrected chi connectivity index (χ2v) is 5.28. The molecule has 20 heavy (non-hydrogen) atoms. The highest BCUT2D eigenvalue weighted by Crippen LogP contribution is 2.22. The molecule has 1 aromatic heterocycles. The van der Waals surface area contributed by atoms with Gasteiger partial charge in [-0.25, -0.2) is 9.37 Å². The molecule has 5 heteroatoms. The van der Waals surface area contributed by atoms with E-state index < -0.39 is 5.54 Å². The number of nitrogens with zero attached hydrogens (tertiary/aromatic N) is 2. The largest absolute Gasteiger partial charge is 0.347 e. The van der Waals surface area contributed by atoms with E-state index >= 15 is 0 Å². The molecule has 1 N–H and O–H groups in total. The maximum absolute atomic E-state index is 13.8. The number of hydrogen-bond acceptors (Lipinski definition) is 2. The minimum absolute atomic E-state index is 0.168. The van der Waals surface area contributed by atoms with Crippen LogP contribution in [0.3, 0.4) is 0 Å². The van der Waals surface area contributed by atoms with Gasteiger partial charge in [0.05, 0.1) is 12.0 Å². The molecule has 2 rings (SSSR count). The lowest BCUT2D eigenvalue weighted by atomic mass is 9.93. The molecule has 0 saturated heterocycles. The third kappa shape index (κ3) is 3.04. The summed E-state index contributed by atoms with van der Waals surface area (Å²) in [6.07, 6.45) is 3.59. The number of hydrogen-bond donors (Lipinski definition) is 1. The predicted molar refractivity (Wildman–Crippen MR) is 74.5 cm³/mol. The van der Waals surface area contributed by atoms with Crippen LogP contribution < -0.4 is 5.32 Å². The molecule has 0 fully saturated rings. The van der Waals surface area contributed by atoms with Crippen molar-refractivity contribution in [2.24, 2.45) is 7.05 Å². The van der Waals surface area contributed by atoms with Crippen molar-refractivity contribution < 1.29 is 9.18 Å². The number of carbonyl (C=O) groups excluding carboxylic acids is 1. The molecule has 4 nitrogen and oxygen atoms in total. The van der Waals surface area contributed by atoms with Crippen molar-refractivity contribution >= 4 is 5.91 Å². The number of amides is 1. The summed E-state index contributed by atoms with van der Waals surface area (Å²) < 4.78 is 15.6. The minimum atomic E-state index is -0.770. The average molecular weight is 275 g/mol. The van der Waals surface area contributed by atoms with Crippen LogP contribution in [0.15, 0.2) is 36.7 Å². The van der Waals surface area contributed by atoms with E-state index in [1.165, 1.54) is 6.07 Å². The molecule has 1 aromatic carbocycles. The van der Waals surface area contributed by atoms with E-state index in [-0.39, 0.29) is 18.1 Å². The van der Waals surface area contributed by atoms with Crippen LogP contribution in [0.2, 0.25) is 0 Å². The van der Waals surface area contributed by atoms with Gasteiger partial charge in [-0.3, -0.25) is 4.79 Å². The first kappa shape index (κ1) is 14.2. The Labute approximate surface area is 117 Å². The monoisotopic (exact) mass is 275 g/mol. The molecule has 0 aliphatic heterocycles. The van der Waals surface area contributed by atoms with Crippen molar-refractivity contribution in [3.8, 4) is 0 Å². The minimum Gasteiger partial charge on any atom is -0.347 e. The number of imidazole rings is 1. The van der Waals surface area contributed by atoms with Gasteiger partial charge in [-0.1, -0.05) is 18.2 Å². The first-order valence-electron chi connectivity index (χ1n) is 6.42. The molecule has 1 heterocycles.